The summed E-state index contributed by atoms with van der Waals surface area (Å²) >= 11 is 0. The summed E-state index contributed by atoms with van der Waals surface area (Å²) < 4.78 is 6.77. The van der Waals surface area contributed by atoms with Crippen molar-refractivity contribution in [3.05, 3.63) is 169 Å². The molecule has 1 aliphatic carbocycles. The number of fused-ring (bicyclic) bond motifs is 10. The molecule has 4 nitrogen and oxygen atoms in total. The minimum atomic E-state index is 0.128. The molecule has 6 aromatic carbocycles. The predicted molar refractivity (Wildman–Crippen MR) is 201 cm³/mol. The van der Waals surface area contributed by atoms with Crippen LogP contribution in [0, 0.1) is 6.92 Å². The second kappa shape index (κ2) is 10.9. The Morgan fingerprint density at radius 3 is 1.90 bits per heavy atom. The van der Waals surface area contributed by atoms with Crippen molar-refractivity contribution in [2.75, 3.05) is 4.90 Å². The average Bonchev–Trinajstić information content (AvgIpc) is 3.73. The first-order valence-electron chi connectivity index (χ1n) is 16.8. The van der Waals surface area contributed by atoms with Crippen LogP contribution in [0.5, 0.6) is 0 Å². The van der Waals surface area contributed by atoms with E-state index >= 15 is 0 Å². The number of aromatic nitrogens is 2. The fourth-order valence-electron chi connectivity index (χ4n) is 7.97. The lowest BCUT2D eigenvalue weighted by atomic mass is 9.87. The molecule has 0 radical (unpaired) electrons. The van der Waals surface area contributed by atoms with Gasteiger partial charge >= 0.3 is 0 Å². The number of benzene rings is 6. The molecule has 2 aliphatic rings. The molecule has 0 saturated heterocycles. The van der Waals surface area contributed by atoms with Crippen LogP contribution >= 0.6 is 0 Å². The Bertz CT molecular complexity index is 2620. The van der Waals surface area contributed by atoms with Gasteiger partial charge in [0.1, 0.15) is 5.58 Å². The molecule has 10 rings (SSSR count). The highest BCUT2D eigenvalue weighted by atomic mass is 16.3. The Kier molecular flexibility index (Phi) is 6.18. The molecule has 0 spiro atoms. The molecule has 2 aromatic heterocycles. The molecule has 0 bridgehead atoms. The van der Waals surface area contributed by atoms with Crippen LogP contribution in [0.15, 0.2) is 162 Å². The highest BCUT2D eigenvalue weighted by Crippen LogP contribution is 2.55. The molecule has 2 atom stereocenters. The number of hydrogen-bond donors (Lipinski definition) is 0. The van der Waals surface area contributed by atoms with E-state index in [1.807, 2.05) is 24.3 Å². The van der Waals surface area contributed by atoms with Crippen molar-refractivity contribution >= 4 is 44.1 Å². The zero-order valence-corrected chi connectivity index (χ0v) is 26.9. The minimum Gasteiger partial charge on any atom is -0.454 e. The van der Waals surface area contributed by atoms with Crippen molar-refractivity contribution in [1.82, 2.24) is 9.97 Å². The van der Waals surface area contributed by atoms with Gasteiger partial charge in [-0.05, 0) is 41.5 Å². The first-order chi connectivity index (χ1) is 24.2. The van der Waals surface area contributed by atoms with Gasteiger partial charge in [-0.3, -0.25) is 0 Å². The molecule has 0 fully saturated rings. The van der Waals surface area contributed by atoms with E-state index in [2.05, 4.69) is 145 Å². The number of para-hydroxylation sites is 1. The van der Waals surface area contributed by atoms with Crippen LogP contribution in [0.3, 0.4) is 0 Å². The van der Waals surface area contributed by atoms with Gasteiger partial charge in [0, 0.05) is 44.6 Å². The van der Waals surface area contributed by atoms with Gasteiger partial charge in [0.2, 0.25) is 0 Å². The van der Waals surface area contributed by atoms with Crippen LogP contribution in [0.4, 0.5) is 11.4 Å². The average molecular weight is 630 g/mol. The van der Waals surface area contributed by atoms with Crippen molar-refractivity contribution in [3.8, 4) is 33.9 Å². The highest BCUT2D eigenvalue weighted by molar-refractivity contribution is 6.24. The number of allylic oxidation sites excluding steroid dienone is 2. The largest absolute Gasteiger partial charge is 0.454 e. The van der Waals surface area contributed by atoms with Gasteiger partial charge in [-0.25, -0.2) is 9.97 Å². The van der Waals surface area contributed by atoms with Gasteiger partial charge in [-0.1, -0.05) is 140 Å². The third-order valence-electron chi connectivity index (χ3n) is 10.2. The number of furan rings is 1. The van der Waals surface area contributed by atoms with E-state index in [1.54, 1.807) is 0 Å². The summed E-state index contributed by atoms with van der Waals surface area (Å²) in [6.07, 6.45) is 9.03. The summed E-state index contributed by atoms with van der Waals surface area (Å²) in [5, 5.41) is 4.85. The molecule has 0 saturated carbocycles. The van der Waals surface area contributed by atoms with Crippen LogP contribution in [0.1, 0.15) is 17.0 Å². The summed E-state index contributed by atoms with van der Waals surface area (Å²) in [5.41, 5.74) is 11.5. The van der Waals surface area contributed by atoms with Crippen LogP contribution < -0.4 is 4.90 Å². The van der Waals surface area contributed by atoms with Gasteiger partial charge in [-0.2, -0.15) is 0 Å². The smallest absolute Gasteiger partial charge is 0.160 e. The second-order valence-corrected chi connectivity index (χ2v) is 12.9. The molecule has 49 heavy (non-hydrogen) atoms. The van der Waals surface area contributed by atoms with Crippen LogP contribution in [0.25, 0.3) is 66.6 Å². The normalized spacial score (nSPS) is 16.5. The molecule has 3 heterocycles. The van der Waals surface area contributed by atoms with E-state index in [0.717, 1.165) is 67.4 Å². The maximum Gasteiger partial charge on any atom is 0.160 e. The Labute approximate surface area is 284 Å². The Morgan fingerprint density at radius 2 is 1.16 bits per heavy atom. The molecular formula is C45H31N3O. The highest BCUT2D eigenvalue weighted by Gasteiger charge is 2.41. The number of hydrogen-bond acceptors (Lipinski definition) is 4. The maximum absolute atomic E-state index is 6.77. The van der Waals surface area contributed by atoms with E-state index in [1.165, 1.54) is 21.7 Å². The predicted octanol–water partition coefficient (Wildman–Crippen LogP) is 11.6. The summed E-state index contributed by atoms with van der Waals surface area (Å²) in [7, 11) is 0. The van der Waals surface area contributed by atoms with Crippen molar-refractivity contribution in [3.63, 3.8) is 0 Å². The lowest BCUT2D eigenvalue weighted by Gasteiger charge is -2.28. The van der Waals surface area contributed by atoms with Gasteiger partial charge < -0.3 is 9.32 Å². The Balaban J connectivity index is 1.17. The summed E-state index contributed by atoms with van der Waals surface area (Å²) in [6, 6.07) is 46.9. The second-order valence-electron chi connectivity index (χ2n) is 12.9. The zero-order chi connectivity index (χ0) is 32.5. The first-order valence-corrected chi connectivity index (χ1v) is 16.8. The molecule has 0 N–H and O–H groups in total. The monoisotopic (exact) mass is 629 g/mol. The number of anilines is 2. The minimum absolute atomic E-state index is 0.128. The van der Waals surface area contributed by atoms with E-state index in [4.69, 9.17) is 14.4 Å². The fourth-order valence-corrected chi connectivity index (χ4v) is 7.97. The van der Waals surface area contributed by atoms with Crippen LogP contribution in [0.2, 0.25) is 0 Å². The van der Waals surface area contributed by atoms with E-state index in [9.17, 15) is 0 Å². The third-order valence-corrected chi connectivity index (χ3v) is 10.2. The lowest BCUT2D eigenvalue weighted by Crippen LogP contribution is -2.28. The van der Waals surface area contributed by atoms with Crippen molar-refractivity contribution < 1.29 is 4.42 Å². The summed E-state index contributed by atoms with van der Waals surface area (Å²) in [6.45, 7) is 2.13. The van der Waals surface area contributed by atoms with Crippen molar-refractivity contribution in [2.45, 2.75) is 18.9 Å². The van der Waals surface area contributed by atoms with Gasteiger partial charge in [0.05, 0.1) is 23.1 Å². The molecule has 2 unspecified atom stereocenters. The van der Waals surface area contributed by atoms with Crippen LogP contribution in [-0.2, 0) is 0 Å². The lowest BCUT2D eigenvalue weighted by molar-refractivity contribution is 0.667. The van der Waals surface area contributed by atoms with Crippen molar-refractivity contribution in [2.24, 2.45) is 0 Å². The molecule has 0 amide bonds. The Morgan fingerprint density at radius 1 is 0.571 bits per heavy atom. The van der Waals surface area contributed by atoms with E-state index in [0.29, 0.717) is 0 Å². The number of rotatable bonds is 4. The maximum atomic E-state index is 6.77. The zero-order valence-electron chi connectivity index (χ0n) is 26.9. The summed E-state index contributed by atoms with van der Waals surface area (Å²) in [4.78, 5) is 12.7. The van der Waals surface area contributed by atoms with Gasteiger partial charge in [0.25, 0.3) is 0 Å². The molecule has 4 heteroatoms. The first kappa shape index (κ1) is 27.8. The SMILES string of the molecule is Cc1c(-c2ccccc2)nc(-c2ccccc2)nc1-c1ccc(N2c3c(c4ccccc4c4c3oc3ccccc34)C3C=CC=CC32)cc1. The number of nitrogens with zero attached hydrogens (tertiary/aromatic N) is 3. The van der Waals surface area contributed by atoms with E-state index in [-0.39, 0.29) is 12.0 Å². The summed E-state index contributed by atoms with van der Waals surface area (Å²) in [5.74, 6) is 0.923. The van der Waals surface area contributed by atoms with E-state index < -0.39 is 0 Å². The quantitative estimate of drug-likeness (QED) is 0.194. The molecule has 8 aromatic rings. The van der Waals surface area contributed by atoms with Gasteiger partial charge in [-0.15, -0.1) is 0 Å². The van der Waals surface area contributed by atoms with Gasteiger partial charge in [0.15, 0.2) is 11.4 Å². The topological polar surface area (TPSA) is 42.2 Å². The Hall–Kier alpha value is -6.26. The molecule has 232 valence electrons. The molecular weight excluding hydrogens is 599 g/mol. The van der Waals surface area contributed by atoms with Crippen molar-refractivity contribution in [1.29, 1.82) is 0 Å². The standard InChI is InChI=1S/C45H31N3O/c1-28-41(29-14-4-2-5-15-29)46-45(31-16-6-3-7-17-31)47-42(28)30-24-26-32(27-25-30)48-37-22-12-10-20-35(37)39-33-18-8-9-19-34(33)40-36-21-11-13-23-38(36)49-44(40)43(39)48/h2-27,35,37H,1H3. The third kappa shape index (κ3) is 4.24. The molecule has 1 aliphatic heterocycles. The van der Waals surface area contributed by atoms with Crippen LogP contribution in [-0.4, -0.2) is 16.0 Å². The fraction of sp³-hybridized carbons (Fsp3) is 0.0667.